The van der Waals surface area contributed by atoms with Crippen LogP contribution < -0.4 is 10.6 Å². The van der Waals surface area contributed by atoms with E-state index in [-0.39, 0.29) is 24.0 Å². The smallest absolute Gasteiger partial charge is 0.191 e. The summed E-state index contributed by atoms with van der Waals surface area (Å²) in [5.41, 5.74) is 2.75. The molecule has 0 radical (unpaired) electrons. The number of hydrogen-bond acceptors (Lipinski definition) is 3. The minimum atomic E-state index is 0. The van der Waals surface area contributed by atoms with Crippen LogP contribution in [0.5, 0.6) is 0 Å². The molecule has 2 N–H and O–H groups in total. The van der Waals surface area contributed by atoms with Crippen LogP contribution in [0.2, 0.25) is 5.02 Å². The van der Waals surface area contributed by atoms with E-state index in [4.69, 9.17) is 11.6 Å². The second kappa shape index (κ2) is 10.3. The number of nitrogens with zero attached hydrogens (tertiary/aromatic N) is 2. The molecule has 2 fully saturated rings. The predicted molar refractivity (Wildman–Crippen MR) is 130 cm³/mol. The van der Waals surface area contributed by atoms with E-state index in [1.54, 1.807) is 11.3 Å². The number of nitrogens with one attached hydrogen (secondary N) is 2. The van der Waals surface area contributed by atoms with E-state index in [0.717, 1.165) is 49.9 Å². The molecule has 2 aliphatic rings. The molecular weight excluding hydrogens is 503 g/mol. The van der Waals surface area contributed by atoms with Crippen LogP contribution in [0.1, 0.15) is 36.3 Å². The van der Waals surface area contributed by atoms with Crippen molar-refractivity contribution in [2.24, 2.45) is 4.99 Å². The quantitative estimate of drug-likeness (QED) is 0.334. The van der Waals surface area contributed by atoms with Gasteiger partial charge < -0.3 is 10.6 Å². The Morgan fingerprint density at radius 1 is 1.25 bits per heavy atom. The van der Waals surface area contributed by atoms with Crippen LogP contribution in [-0.2, 0) is 6.54 Å². The fourth-order valence-corrected chi connectivity index (χ4v) is 4.73. The van der Waals surface area contributed by atoms with Gasteiger partial charge in [-0.1, -0.05) is 23.7 Å². The second-order valence-electron chi connectivity index (χ2n) is 7.55. The number of aliphatic imine (C=N–C) groups is 1. The molecule has 1 aromatic heterocycles. The van der Waals surface area contributed by atoms with Crippen LogP contribution in [0.3, 0.4) is 0 Å². The highest BCUT2D eigenvalue weighted by atomic mass is 127. The molecule has 152 valence electrons. The topological polar surface area (TPSA) is 39.7 Å². The van der Waals surface area contributed by atoms with Gasteiger partial charge in [0, 0.05) is 49.7 Å². The molecule has 7 heteroatoms. The third-order valence-corrected chi connectivity index (χ3v) is 6.49. The molecule has 0 bridgehead atoms. The van der Waals surface area contributed by atoms with E-state index < -0.39 is 0 Å². The van der Waals surface area contributed by atoms with Crippen molar-refractivity contribution in [3.8, 4) is 0 Å². The van der Waals surface area contributed by atoms with Gasteiger partial charge in [0.1, 0.15) is 0 Å². The Morgan fingerprint density at radius 2 is 2.07 bits per heavy atom. The third kappa shape index (κ3) is 5.84. The fourth-order valence-electron chi connectivity index (χ4n) is 3.88. The number of thiophene rings is 1. The summed E-state index contributed by atoms with van der Waals surface area (Å²) in [7, 11) is 1.86. The zero-order chi connectivity index (χ0) is 18.6. The molecule has 1 aliphatic heterocycles. The molecule has 0 amide bonds. The van der Waals surface area contributed by atoms with E-state index in [9.17, 15) is 0 Å². The number of likely N-dealkylation sites (tertiary alicyclic amines) is 1. The lowest BCUT2D eigenvalue weighted by Crippen LogP contribution is -2.49. The number of guanidine groups is 1. The van der Waals surface area contributed by atoms with Crippen LogP contribution in [0.4, 0.5) is 0 Å². The maximum Gasteiger partial charge on any atom is 0.191 e. The van der Waals surface area contributed by atoms with Crippen molar-refractivity contribution in [1.29, 1.82) is 0 Å². The average Bonchev–Trinajstić information content (AvgIpc) is 3.26. The molecule has 4 nitrogen and oxygen atoms in total. The second-order valence-corrected chi connectivity index (χ2v) is 8.76. The molecule has 2 aromatic rings. The van der Waals surface area contributed by atoms with E-state index in [1.165, 1.54) is 11.1 Å². The van der Waals surface area contributed by atoms with Gasteiger partial charge in [-0.3, -0.25) is 9.89 Å². The zero-order valence-electron chi connectivity index (χ0n) is 16.1. The molecule has 2 atom stereocenters. The van der Waals surface area contributed by atoms with E-state index in [1.807, 2.05) is 19.2 Å². The third-order valence-electron chi connectivity index (χ3n) is 5.53. The normalized spacial score (nSPS) is 23.1. The van der Waals surface area contributed by atoms with Gasteiger partial charge in [-0.15, -0.1) is 24.0 Å². The Hall–Kier alpha value is -0.830. The highest BCUT2D eigenvalue weighted by molar-refractivity contribution is 14.0. The van der Waals surface area contributed by atoms with Crippen molar-refractivity contribution in [2.75, 3.05) is 20.1 Å². The van der Waals surface area contributed by atoms with Gasteiger partial charge in [-0.25, -0.2) is 0 Å². The number of halogens is 2. The largest absolute Gasteiger partial charge is 0.354 e. The summed E-state index contributed by atoms with van der Waals surface area (Å²) in [5.74, 6) is 1.47. The van der Waals surface area contributed by atoms with Crippen molar-refractivity contribution in [3.05, 3.63) is 57.2 Å². The Kier molecular flexibility index (Phi) is 8.02. The molecule has 2 heterocycles. The number of hydrogen-bond donors (Lipinski definition) is 2. The summed E-state index contributed by atoms with van der Waals surface area (Å²) in [6.45, 7) is 3.35. The molecule has 1 aromatic carbocycles. The Balaban J connectivity index is 0.00000225. The van der Waals surface area contributed by atoms with Crippen LogP contribution in [0.15, 0.2) is 46.1 Å². The van der Waals surface area contributed by atoms with E-state index >= 15 is 0 Å². The minimum absolute atomic E-state index is 0. The molecular formula is C21H28ClIN4S. The van der Waals surface area contributed by atoms with E-state index in [0.29, 0.717) is 18.0 Å². The van der Waals surface area contributed by atoms with Gasteiger partial charge in [0.05, 0.1) is 0 Å². The summed E-state index contributed by atoms with van der Waals surface area (Å²) in [4.78, 5) is 6.99. The van der Waals surface area contributed by atoms with Gasteiger partial charge in [0.25, 0.3) is 0 Å². The highest BCUT2D eigenvalue weighted by Gasteiger charge is 2.39. The first kappa shape index (κ1) is 21.9. The maximum atomic E-state index is 6.12. The molecule has 0 spiro atoms. The number of benzene rings is 1. The standard InChI is InChI=1S/C21H27ClN4S.HI/c1-23-21(25-20-12-19(20)16-3-2-4-17(22)11-16)24-18-5-8-26(9-6-18)13-15-7-10-27-14-15;/h2-4,7,10-11,14,18-20H,5-6,8-9,12-13H2,1H3,(H2,23,24,25);1H. The number of rotatable bonds is 5. The first-order valence-corrected chi connectivity index (χ1v) is 11.0. The fraction of sp³-hybridized carbons (Fsp3) is 0.476. The summed E-state index contributed by atoms with van der Waals surface area (Å²) < 4.78 is 0. The van der Waals surface area contributed by atoms with Gasteiger partial charge in [-0.05, 0) is 59.3 Å². The lowest BCUT2D eigenvalue weighted by Gasteiger charge is -2.33. The van der Waals surface area contributed by atoms with Crippen LogP contribution >= 0.6 is 46.9 Å². The molecule has 1 saturated heterocycles. The van der Waals surface area contributed by atoms with Crippen LogP contribution in [0, 0.1) is 0 Å². The number of piperidine rings is 1. The maximum absolute atomic E-state index is 6.12. The first-order chi connectivity index (χ1) is 13.2. The summed E-state index contributed by atoms with van der Waals surface area (Å²) in [6, 6.07) is 11.4. The summed E-state index contributed by atoms with van der Waals surface area (Å²) in [5, 5.41) is 12.4. The minimum Gasteiger partial charge on any atom is -0.354 e. The van der Waals surface area contributed by atoms with Crippen molar-refractivity contribution >= 4 is 52.9 Å². The monoisotopic (exact) mass is 530 g/mol. The summed E-state index contributed by atoms with van der Waals surface area (Å²) in [6.07, 6.45) is 3.46. The van der Waals surface area contributed by atoms with Crippen LogP contribution in [-0.4, -0.2) is 43.1 Å². The molecule has 2 unspecified atom stereocenters. The highest BCUT2D eigenvalue weighted by Crippen LogP contribution is 2.41. The molecule has 28 heavy (non-hydrogen) atoms. The van der Waals surface area contributed by atoms with Gasteiger partial charge in [0.2, 0.25) is 0 Å². The SMILES string of the molecule is CN=C(NC1CCN(Cc2ccsc2)CC1)NC1CC1c1cccc(Cl)c1.I. The molecule has 1 aliphatic carbocycles. The predicted octanol–water partition coefficient (Wildman–Crippen LogP) is 4.71. The van der Waals surface area contributed by atoms with Crippen molar-refractivity contribution in [3.63, 3.8) is 0 Å². The van der Waals surface area contributed by atoms with Gasteiger partial charge in [0.15, 0.2) is 5.96 Å². The first-order valence-electron chi connectivity index (χ1n) is 9.70. The Bertz CT molecular complexity index is 774. The Morgan fingerprint density at radius 3 is 2.75 bits per heavy atom. The Labute approximate surface area is 193 Å². The lowest BCUT2D eigenvalue weighted by atomic mass is 10.0. The van der Waals surface area contributed by atoms with Gasteiger partial charge >= 0.3 is 0 Å². The molecule has 4 rings (SSSR count). The lowest BCUT2D eigenvalue weighted by molar-refractivity contribution is 0.198. The van der Waals surface area contributed by atoms with Crippen LogP contribution in [0.25, 0.3) is 0 Å². The zero-order valence-corrected chi connectivity index (χ0v) is 20.0. The van der Waals surface area contributed by atoms with Crippen molar-refractivity contribution < 1.29 is 0 Å². The van der Waals surface area contributed by atoms with Gasteiger partial charge in [-0.2, -0.15) is 11.3 Å². The summed E-state index contributed by atoms with van der Waals surface area (Å²) >= 11 is 7.90. The molecule has 1 saturated carbocycles. The average molecular weight is 531 g/mol. The van der Waals surface area contributed by atoms with E-state index in [2.05, 4.69) is 49.5 Å². The van der Waals surface area contributed by atoms with Crippen molar-refractivity contribution in [2.45, 2.75) is 43.8 Å². The van der Waals surface area contributed by atoms with Crippen molar-refractivity contribution in [1.82, 2.24) is 15.5 Å².